The lowest BCUT2D eigenvalue weighted by atomic mass is 10.0. The monoisotopic (exact) mass is 248 g/mol. The van der Waals surface area contributed by atoms with Crippen molar-refractivity contribution in [2.45, 2.75) is 32.2 Å². The van der Waals surface area contributed by atoms with E-state index in [-0.39, 0.29) is 12.0 Å². The summed E-state index contributed by atoms with van der Waals surface area (Å²) in [5, 5.41) is 3.73. The number of esters is 1. The quantitative estimate of drug-likeness (QED) is 0.321. The number of azide groups is 1. The normalized spacial score (nSPS) is 11.4. The van der Waals surface area contributed by atoms with E-state index < -0.39 is 0 Å². The van der Waals surface area contributed by atoms with Gasteiger partial charge in [-0.3, -0.25) is 9.78 Å². The lowest BCUT2D eigenvalue weighted by Crippen LogP contribution is -2.04. The van der Waals surface area contributed by atoms with Crippen LogP contribution in [0.2, 0.25) is 0 Å². The van der Waals surface area contributed by atoms with Gasteiger partial charge in [0.15, 0.2) is 0 Å². The van der Waals surface area contributed by atoms with Crippen molar-refractivity contribution >= 4 is 5.97 Å². The van der Waals surface area contributed by atoms with Crippen molar-refractivity contribution in [3.8, 4) is 0 Å². The van der Waals surface area contributed by atoms with Gasteiger partial charge in [-0.15, -0.1) is 0 Å². The Hall–Kier alpha value is -2.07. The molecule has 0 aliphatic rings. The van der Waals surface area contributed by atoms with E-state index in [1.165, 1.54) is 0 Å². The first kappa shape index (κ1) is 14.0. The Bertz CT molecular complexity index is 415. The molecule has 1 aromatic rings. The minimum Gasteiger partial charge on any atom is -0.466 e. The van der Waals surface area contributed by atoms with E-state index in [4.69, 9.17) is 10.3 Å². The zero-order chi connectivity index (χ0) is 13.2. The summed E-state index contributed by atoms with van der Waals surface area (Å²) in [5.74, 6) is -0.219. The van der Waals surface area contributed by atoms with Crippen LogP contribution in [0.1, 0.15) is 37.8 Å². The predicted octanol–water partition coefficient (Wildman–Crippen LogP) is 3.17. The topological polar surface area (TPSA) is 88.0 Å². The molecule has 1 aromatic heterocycles. The average molecular weight is 248 g/mol. The minimum atomic E-state index is -0.280. The molecule has 96 valence electrons. The maximum absolute atomic E-state index is 11.2. The number of aromatic nitrogens is 1. The average Bonchev–Trinajstić information content (AvgIpc) is 2.39. The van der Waals surface area contributed by atoms with E-state index in [0.29, 0.717) is 25.9 Å². The Morgan fingerprint density at radius 1 is 1.67 bits per heavy atom. The van der Waals surface area contributed by atoms with Crippen LogP contribution in [0.5, 0.6) is 0 Å². The van der Waals surface area contributed by atoms with Gasteiger partial charge in [-0.25, -0.2) is 0 Å². The molecule has 1 heterocycles. The summed E-state index contributed by atoms with van der Waals surface area (Å²) in [6, 6.07) is 3.37. The number of carbonyl (C=O) groups is 1. The molecular weight excluding hydrogens is 232 g/mol. The van der Waals surface area contributed by atoms with E-state index in [2.05, 4.69) is 15.0 Å². The van der Waals surface area contributed by atoms with Gasteiger partial charge in [0.05, 0.1) is 12.6 Å². The van der Waals surface area contributed by atoms with Crippen LogP contribution < -0.4 is 0 Å². The summed E-state index contributed by atoms with van der Waals surface area (Å²) in [4.78, 5) is 18.0. The molecule has 0 radical (unpaired) electrons. The van der Waals surface area contributed by atoms with E-state index >= 15 is 0 Å². The fourth-order valence-corrected chi connectivity index (χ4v) is 1.60. The van der Waals surface area contributed by atoms with Crippen molar-refractivity contribution < 1.29 is 9.53 Å². The number of ether oxygens (including phenoxy) is 1. The molecule has 6 heteroatoms. The van der Waals surface area contributed by atoms with Crippen LogP contribution in [0.15, 0.2) is 29.6 Å². The van der Waals surface area contributed by atoms with Crippen LogP contribution in [-0.4, -0.2) is 17.6 Å². The molecule has 0 aliphatic carbocycles. The molecule has 0 saturated heterocycles. The molecule has 18 heavy (non-hydrogen) atoms. The number of hydrogen-bond acceptors (Lipinski definition) is 4. The van der Waals surface area contributed by atoms with Gasteiger partial charge in [0.2, 0.25) is 0 Å². The van der Waals surface area contributed by atoms with Crippen molar-refractivity contribution in [1.82, 2.24) is 4.98 Å². The SMILES string of the molecule is CCOC(=O)CCCC(N=[N+]=[N-])c1cccnc1. The molecule has 0 saturated carbocycles. The maximum atomic E-state index is 11.2. The van der Waals surface area contributed by atoms with E-state index in [1.807, 2.05) is 6.07 Å². The third-order valence-corrected chi connectivity index (χ3v) is 2.42. The molecule has 0 N–H and O–H groups in total. The lowest BCUT2D eigenvalue weighted by Gasteiger charge is -2.10. The minimum absolute atomic E-state index is 0.219. The van der Waals surface area contributed by atoms with Crippen LogP contribution in [0.25, 0.3) is 10.4 Å². The highest BCUT2D eigenvalue weighted by Crippen LogP contribution is 2.22. The zero-order valence-electron chi connectivity index (χ0n) is 10.3. The number of hydrogen-bond donors (Lipinski definition) is 0. The van der Waals surface area contributed by atoms with Gasteiger partial charge >= 0.3 is 5.97 Å². The summed E-state index contributed by atoms with van der Waals surface area (Å²) in [6.45, 7) is 2.16. The van der Waals surface area contributed by atoms with Crippen molar-refractivity contribution in [2.75, 3.05) is 6.61 Å². The largest absolute Gasteiger partial charge is 0.466 e. The fraction of sp³-hybridized carbons (Fsp3) is 0.500. The van der Waals surface area contributed by atoms with Crippen LogP contribution in [-0.2, 0) is 9.53 Å². The molecule has 6 nitrogen and oxygen atoms in total. The van der Waals surface area contributed by atoms with Crippen LogP contribution in [0, 0.1) is 0 Å². The number of pyridine rings is 1. The highest BCUT2D eigenvalue weighted by molar-refractivity contribution is 5.69. The highest BCUT2D eigenvalue weighted by Gasteiger charge is 2.10. The summed E-state index contributed by atoms with van der Waals surface area (Å²) in [6.07, 6.45) is 4.90. The molecule has 1 atom stereocenters. The first-order chi connectivity index (χ1) is 8.77. The highest BCUT2D eigenvalue weighted by atomic mass is 16.5. The Morgan fingerprint density at radius 3 is 3.11 bits per heavy atom. The first-order valence-corrected chi connectivity index (χ1v) is 5.87. The van der Waals surface area contributed by atoms with Crippen LogP contribution in [0.3, 0.4) is 0 Å². The maximum Gasteiger partial charge on any atom is 0.305 e. The Balaban J connectivity index is 2.50. The van der Waals surface area contributed by atoms with E-state index in [1.54, 1.807) is 25.4 Å². The second-order valence-corrected chi connectivity index (χ2v) is 3.70. The molecule has 1 rings (SSSR count). The third-order valence-electron chi connectivity index (χ3n) is 2.42. The summed E-state index contributed by atoms with van der Waals surface area (Å²) in [5.41, 5.74) is 9.40. The molecule has 0 aromatic carbocycles. The second kappa shape index (κ2) is 8.08. The van der Waals surface area contributed by atoms with Crippen LogP contribution >= 0.6 is 0 Å². The van der Waals surface area contributed by atoms with E-state index in [0.717, 1.165) is 5.56 Å². The van der Waals surface area contributed by atoms with Gasteiger partial charge in [-0.05, 0) is 36.9 Å². The smallest absolute Gasteiger partial charge is 0.305 e. The van der Waals surface area contributed by atoms with Gasteiger partial charge in [-0.2, -0.15) is 0 Å². The zero-order valence-corrected chi connectivity index (χ0v) is 10.3. The first-order valence-electron chi connectivity index (χ1n) is 5.87. The number of carbonyl (C=O) groups excluding carboxylic acids is 1. The molecule has 0 spiro atoms. The van der Waals surface area contributed by atoms with Crippen molar-refractivity contribution in [1.29, 1.82) is 0 Å². The second-order valence-electron chi connectivity index (χ2n) is 3.70. The summed E-state index contributed by atoms with van der Waals surface area (Å²) in [7, 11) is 0. The Kier molecular flexibility index (Phi) is 6.28. The molecule has 0 aliphatic heterocycles. The van der Waals surface area contributed by atoms with Crippen LogP contribution in [0.4, 0.5) is 0 Å². The molecule has 1 unspecified atom stereocenters. The summed E-state index contributed by atoms with van der Waals surface area (Å²) < 4.78 is 4.83. The van der Waals surface area contributed by atoms with Gasteiger partial charge in [0.1, 0.15) is 0 Å². The number of nitrogens with zero attached hydrogens (tertiary/aromatic N) is 4. The van der Waals surface area contributed by atoms with Gasteiger partial charge < -0.3 is 4.74 Å². The van der Waals surface area contributed by atoms with Gasteiger partial charge in [0.25, 0.3) is 0 Å². The third kappa shape index (κ3) is 4.84. The standard InChI is InChI=1S/C12H16N4O2/c1-2-18-12(17)7-3-6-11(15-16-13)10-5-4-8-14-9-10/h4-5,8-9,11H,2-3,6-7H2,1H3. The van der Waals surface area contributed by atoms with Crippen molar-refractivity contribution in [3.63, 3.8) is 0 Å². The van der Waals surface area contributed by atoms with Crippen molar-refractivity contribution in [2.24, 2.45) is 5.11 Å². The molecular formula is C12H16N4O2. The molecule has 0 fully saturated rings. The molecule has 0 amide bonds. The Labute approximate surface area is 106 Å². The fourth-order valence-electron chi connectivity index (χ4n) is 1.60. The Morgan fingerprint density at radius 2 is 2.50 bits per heavy atom. The van der Waals surface area contributed by atoms with Gasteiger partial charge in [0, 0.05) is 23.7 Å². The van der Waals surface area contributed by atoms with Gasteiger partial charge in [-0.1, -0.05) is 11.2 Å². The van der Waals surface area contributed by atoms with Crippen molar-refractivity contribution in [3.05, 3.63) is 40.5 Å². The van der Waals surface area contributed by atoms with E-state index in [9.17, 15) is 4.79 Å². The lowest BCUT2D eigenvalue weighted by molar-refractivity contribution is -0.143. The number of rotatable bonds is 7. The predicted molar refractivity (Wildman–Crippen MR) is 66.6 cm³/mol. The summed E-state index contributed by atoms with van der Waals surface area (Å²) >= 11 is 0. The molecule has 0 bridgehead atoms.